The molecule has 3 fully saturated rings. The number of carbonyl (C=O) groups is 3. The molecule has 5 rings (SSSR count). The van der Waals surface area contributed by atoms with Crippen LogP contribution in [0.3, 0.4) is 0 Å². The van der Waals surface area contributed by atoms with E-state index in [0.29, 0.717) is 5.56 Å². The molecule has 0 radical (unpaired) electrons. The maximum absolute atomic E-state index is 13.6. The number of hydrazine groups is 1. The van der Waals surface area contributed by atoms with Gasteiger partial charge in [0.25, 0.3) is 29.1 Å². The lowest BCUT2D eigenvalue weighted by atomic mass is 9.81. The largest absolute Gasteiger partial charge is 0.273 e. The number of imide groups is 1. The van der Waals surface area contributed by atoms with E-state index in [2.05, 4.69) is 31.9 Å². The number of nitrogens with zero attached hydrogens (tertiary/aromatic N) is 4. The van der Waals surface area contributed by atoms with Gasteiger partial charge in [-0.2, -0.15) is 5.01 Å². The maximum Gasteiger partial charge on any atom is 0.273 e. The molecule has 186 valence electrons. The highest BCUT2D eigenvalue weighted by molar-refractivity contribution is 9.12. The van der Waals surface area contributed by atoms with Crippen molar-refractivity contribution >= 4 is 61.0 Å². The molecule has 1 saturated heterocycles. The second kappa shape index (κ2) is 9.04. The van der Waals surface area contributed by atoms with Crippen LogP contribution in [0.4, 0.5) is 11.4 Å². The highest BCUT2D eigenvalue weighted by Crippen LogP contribution is 2.60. The lowest BCUT2D eigenvalue weighted by Gasteiger charge is -2.31. The standard InChI is InChI=1S/C23H18Br2N4O7/c24-19-15-9-16(20(19)25)18-17(15)22(31)27(23(18)32)26(10-11-1-5-13(6-2-11)28(33)34)21(30)12-3-7-14(8-4-12)29(35)36/h1-8,15-20H,9-10H2/t15-,16-,17-,18+,19-,20+/m1/s1. The molecule has 1 aliphatic heterocycles. The Bertz CT molecular complexity index is 1250. The third-order valence-corrected chi connectivity index (χ3v) is 10.5. The van der Waals surface area contributed by atoms with Crippen molar-refractivity contribution in [1.29, 1.82) is 0 Å². The van der Waals surface area contributed by atoms with Gasteiger partial charge < -0.3 is 0 Å². The quantitative estimate of drug-likeness (QED) is 0.206. The third-order valence-electron chi connectivity index (χ3n) is 7.24. The number of carbonyl (C=O) groups excluding carboxylic acids is 3. The summed E-state index contributed by atoms with van der Waals surface area (Å²) in [6, 6.07) is 10.3. The van der Waals surface area contributed by atoms with Crippen molar-refractivity contribution in [2.24, 2.45) is 23.7 Å². The summed E-state index contributed by atoms with van der Waals surface area (Å²) >= 11 is 7.28. The van der Waals surface area contributed by atoms with Crippen LogP contribution in [0.5, 0.6) is 0 Å². The Morgan fingerprint density at radius 3 is 1.75 bits per heavy atom. The Balaban J connectivity index is 1.51. The van der Waals surface area contributed by atoms with Crippen LogP contribution in [-0.4, -0.2) is 47.2 Å². The molecule has 0 aromatic heterocycles. The fraction of sp³-hybridized carbons (Fsp3) is 0.348. The van der Waals surface area contributed by atoms with E-state index < -0.39 is 39.4 Å². The second-order valence-electron chi connectivity index (χ2n) is 9.08. The summed E-state index contributed by atoms with van der Waals surface area (Å²) in [6.45, 7) is -0.199. The van der Waals surface area contributed by atoms with Gasteiger partial charge in [0.05, 0.1) is 28.2 Å². The number of benzene rings is 2. The molecular weight excluding hydrogens is 604 g/mol. The molecule has 2 bridgehead atoms. The monoisotopic (exact) mass is 620 g/mol. The van der Waals surface area contributed by atoms with Crippen LogP contribution in [0.2, 0.25) is 0 Å². The van der Waals surface area contributed by atoms with Gasteiger partial charge in [0, 0.05) is 39.5 Å². The Hall–Kier alpha value is -3.19. The minimum Gasteiger partial charge on any atom is -0.272 e. The number of rotatable bonds is 6. The molecular formula is C23H18Br2N4O7. The molecule has 3 amide bonds. The molecule has 0 N–H and O–H groups in total. The van der Waals surface area contributed by atoms with Gasteiger partial charge in [-0.25, -0.2) is 5.01 Å². The Morgan fingerprint density at radius 1 is 0.861 bits per heavy atom. The van der Waals surface area contributed by atoms with Crippen LogP contribution in [0.1, 0.15) is 22.3 Å². The van der Waals surface area contributed by atoms with E-state index in [9.17, 15) is 34.6 Å². The molecule has 2 aromatic rings. The minimum atomic E-state index is -0.692. The third kappa shape index (κ3) is 3.81. The normalized spacial score (nSPS) is 28.3. The first-order valence-corrected chi connectivity index (χ1v) is 12.9. The van der Waals surface area contributed by atoms with E-state index in [1.165, 1.54) is 48.5 Å². The molecule has 13 heteroatoms. The summed E-state index contributed by atoms with van der Waals surface area (Å²) in [5, 5.41) is 24.0. The van der Waals surface area contributed by atoms with E-state index in [1.54, 1.807) is 0 Å². The molecule has 11 nitrogen and oxygen atoms in total. The number of hydrogen-bond donors (Lipinski definition) is 0. The van der Waals surface area contributed by atoms with Crippen LogP contribution in [0, 0.1) is 43.9 Å². The summed E-state index contributed by atoms with van der Waals surface area (Å²) < 4.78 is 0. The summed E-state index contributed by atoms with van der Waals surface area (Å²) in [5.74, 6) is -2.82. The average molecular weight is 622 g/mol. The van der Waals surface area contributed by atoms with Crippen molar-refractivity contribution in [3.05, 3.63) is 79.9 Å². The first kappa shape index (κ1) is 24.5. The number of halogens is 2. The number of alkyl halides is 2. The zero-order valence-corrected chi connectivity index (χ0v) is 21.6. The second-order valence-corrected chi connectivity index (χ2v) is 11.2. The van der Waals surface area contributed by atoms with Crippen LogP contribution >= 0.6 is 31.9 Å². The van der Waals surface area contributed by atoms with Gasteiger partial charge in [0.1, 0.15) is 0 Å². The number of fused-ring (bicyclic) bond motifs is 5. The Kier molecular flexibility index (Phi) is 6.15. The first-order valence-electron chi connectivity index (χ1n) is 11.1. The van der Waals surface area contributed by atoms with Crippen molar-refractivity contribution < 1.29 is 24.2 Å². The van der Waals surface area contributed by atoms with Gasteiger partial charge in [-0.1, -0.05) is 44.0 Å². The molecule has 6 atom stereocenters. The van der Waals surface area contributed by atoms with Crippen LogP contribution in [0.15, 0.2) is 48.5 Å². The number of nitro groups is 2. The van der Waals surface area contributed by atoms with E-state index in [1.807, 2.05) is 0 Å². The molecule has 2 aromatic carbocycles. The lowest BCUT2D eigenvalue weighted by molar-refractivity contribution is -0.385. The summed E-state index contributed by atoms with van der Waals surface area (Å²) in [7, 11) is 0. The fourth-order valence-electron chi connectivity index (χ4n) is 5.58. The molecule has 1 heterocycles. The number of hydrogen-bond acceptors (Lipinski definition) is 7. The molecule has 2 aliphatic carbocycles. The molecule has 0 unspecified atom stereocenters. The zero-order chi connectivity index (χ0) is 25.9. The predicted octanol–water partition coefficient (Wildman–Crippen LogP) is 3.84. The average Bonchev–Trinajstić information content (AvgIpc) is 3.47. The van der Waals surface area contributed by atoms with E-state index in [0.717, 1.165) is 16.4 Å². The van der Waals surface area contributed by atoms with Crippen molar-refractivity contribution in [2.45, 2.75) is 22.6 Å². The Labute approximate surface area is 221 Å². The minimum absolute atomic E-state index is 0.0222. The molecule has 3 aliphatic rings. The number of nitro benzene ring substituents is 2. The fourth-order valence-corrected chi connectivity index (χ4v) is 7.45. The van der Waals surface area contributed by atoms with Gasteiger partial charge in [0.15, 0.2) is 0 Å². The summed E-state index contributed by atoms with van der Waals surface area (Å²) in [5.41, 5.74) is 0.172. The van der Waals surface area contributed by atoms with Crippen LogP contribution in [0.25, 0.3) is 0 Å². The van der Waals surface area contributed by atoms with Gasteiger partial charge in [-0.15, -0.1) is 0 Å². The van der Waals surface area contributed by atoms with Gasteiger partial charge in [-0.3, -0.25) is 34.6 Å². The number of amides is 3. The van der Waals surface area contributed by atoms with Crippen molar-refractivity contribution in [2.75, 3.05) is 0 Å². The highest BCUT2D eigenvalue weighted by Gasteiger charge is 2.67. The van der Waals surface area contributed by atoms with E-state index in [4.69, 9.17) is 0 Å². The van der Waals surface area contributed by atoms with Gasteiger partial charge in [-0.05, 0) is 36.0 Å². The molecule has 2 saturated carbocycles. The maximum atomic E-state index is 13.6. The number of non-ortho nitro benzene ring substituents is 2. The topological polar surface area (TPSA) is 144 Å². The lowest BCUT2D eigenvalue weighted by Crippen LogP contribution is -2.50. The van der Waals surface area contributed by atoms with Crippen molar-refractivity contribution in [3.63, 3.8) is 0 Å². The Morgan fingerprint density at radius 2 is 1.31 bits per heavy atom. The SMILES string of the molecule is O=C(c1ccc([N+](=O)[O-])cc1)N(Cc1ccc([N+](=O)[O-])cc1)N1C(=O)[C@@H]2[C@H]3C[C@@H]([C@H](Br)[C@@H]3Br)[C@@H]2C1=O. The highest BCUT2D eigenvalue weighted by atomic mass is 79.9. The molecule has 36 heavy (non-hydrogen) atoms. The summed E-state index contributed by atoms with van der Waals surface area (Å²) in [4.78, 5) is 61.7. The smallest absolute Gasteiger partial charge is 0.272 e. The molecule has 0 spiro atoms. The van der Waals surface area contributed by atoms with Crippen molar-refractivity contribution in [1.82, 2.24) is 10.0 Å². The first-order chi connectivity index (χ1) is 17.1. The van der Waals surface area contributed by atoms with Crippen molar-refractivity contribution in [3.8, 4) is 0 Å². The van der Waals surface area contributed by atoms with Gasteiger partial charge in [0.2, 0.25) is 0 Å². The van der Waals surface area contributed by atoms with Crippen LogP contribution in [-0.2, 0) is 16.1 Å². The zero-order valence-electron chi connectivity index (χ0n) is 18.4. The van der Waals surface area contributed by atoms with Crippen LogP contribution < -0.4 is 0 Å². The van der Waals surface area contributed by atoms with E-state index in [-0.39, 0.29) is 45.0 Å². The summed E-state index contributed by atoms with van der Waals surface area (Å²) in [6.07, 6.45) is 0.727. The van der Waals surface area contributed by atoms with E-state index >= 15 is 0 Å². The predicted molar refractivity (Wildman–Crippen MR) is 132 cm³/mol. The van der Waals surface area contributed by atoms with Gasteiger partial charge >= 0.3 is 0 Å².